The molecule has 1 aliphatic rings. The number of fused-ring (bicyclic) bond motifs is 1. The predicted octanol–water partition coefficient (Wildman–Crippen LogP) is 3.32. The molecule has 104 valence electrons. The van der Waals surface area contributed by atoms with Crippen LogP contribution in [0.5, 0.6) is 5.75 Å². The minimum Gasteiger partial charge on any atom is -0.494 e. The van der Waals surface area contributed by atoms with Crippen molar-refractivity contribution in [2.45, 2.75) is 25.4 Å². The number of methoxy groups -OCH3 is 1. The molecule has 0 saturated heterocycles. The molecule has 0 bridgehead atoms. The van der Waals surface area contributed by atoms with E-state index < -0.39 is 11.4 Å². The number of aryl methyl sites for hydroxylation is 2. The summed E-state index contributed by atoms with van der Waals surface area (Å²) in [5.41, 5.74) is 2.60. The maximum absolute atomic E-state index is 13.9. The Kier molecular flexibility index (Phi) is 3.02. The molecule has 0 saturated carbocycles. The van der Waals surface area contributed by atoms with E-state index in [0.29, 0.717) is 12.0 Å². The normalized spacial score (nSPS) is 20.8. The third kappa shape index (κ3) is 1.90. The van der Waals surface area contributed by atoms with Crippen molar-refractivity contribution in [3.8, 4) is 5.75 Å². The van der Waals surface area contributed by atoms with Gasteiger partial charge in [-0.05, 0) is 48.6 Å². The van der Waals surface area contributed by atoms with E-state index in [0.717, 1.165) is 23.1 Å². The second-order valence-corrected chi connectivity index (χ2v) is 5.37. The van der Waals surface area contributed by atoms with E-state index in [1.165, 1.54) is 13.2 Å². The topological polar surface area (TPSA) is 29.5 Å². The van der Waals surface area contributed by atoms with Gasteiger partial charge in [0.2, 0.25) is 0 Å². The molecule has 0 aliphatic heterocycles. The molecule has 1 N–H and O–H groups in total. The van der Waals surface area contributed by atoms with E-state index in [9.17, 15) is 9.50 Å². The fraction of sp³-hybridized carbons (Fsp3) is 0.294. The Labute approximate surface area is 117 Å². The van der Waals surface area contributed by atoms with E-state index in [2.05, 4.69) is 0 Å². The molecule has 20 heavy (non-hydrogen) atoms. The maximum atomic E-state index is 13.9. The van der Waals surface area contributed by atoms with Gasteiger partial charge >= 0.3 is 0 Å². The first-order valence-electron chi connectivity index (χ1n) is 6.71. The summed E-state index contributed by atoms with van der Waals surface area (Å²) in [7, 11) is 1.43. The molecule has 0 radical (unpaired) electrons. The number of hydrogen-bond donors (Lipinski definition) is 1. The van der Waals surface area contributed by atoms with Crippen molar-refractivity contribution in [2.75, 3.05) is 7.11 Å². The largest absolute Gasteiger partial charge is 0.494 e. The Morgan fingerprint density at radius 1 is 1.20 bits per heavy atom. The molecule has 1 unspecified atom stereocenters. The van der Waals surface area contributed by atoms with Gasteiger partial charge in [-0.2, -0.15) is 0 Å². The van der Waals surface area contributed by atoms with Crippen LogP contribution < -0.4 is 4.74 Å². The fourth-order valence-corrected chi connectivity index (χ4v) is 2.97. The van der Waals surface area contributed by atoms with E-state index in [-0.39, 0.29) is 5.75 Å². The Hall–Kier alpha value is -1.87. The third-order valence-electron chi connectivity index (χ3n) is 4.10. The van der Waals surface area contributed by atoms with Gasteiger partial charge < -0.3 is 9.84 Å². The standard InChI is InChI=1S/C17H17FO2/c1-11-3-4-12-7-8-17(19,14(12)9-11)13-5-6-16(20-2)15(18)10-13/h3-6,9-10,19H,7-8H2,1-2H3. The lowest BCUT2D eigenvalue weighted by Gasteiger charge is -2.25. The van der Waals surface area contributed by atoms with E-state index in [1.807, 2.05) is 25.1 Å². The van der Waals surface area contributed by atoms with Gasteiger partial charge in [0.05, 0.1) is 7.11 Å². The van der Waals surface area contributed by atoms with Crippen LogP contribution in [0.3, 0.4) is 0 Å². The number of rotatable bonds is 2. The van der Waals surface area contributed by atoms with Gasteiger partial charge in [-0.15, -0.1) is 0 Å². The van der Waals surface area contributed by atoms with E-state index >= 15 is 0 Å². The van der Waals surface area contributed by atoms with Crippen molar-refractivity contribution < 1.29 is 14.2 Å². The highest BCUT2D eigenvalue weighted by Crippen LogP contribution is 2.43. The highest BCUT2D eigenvalue weighted by atomic mass is 19.1. The predicted molar refractivity (Wildman–Crippen MR) is 75.5 cm³/mol. The monoisotopic (exact) mass is 272 g/mol. The molecular formula is C17H17FO2. The Morgan fingerprint density at radius 3 is 2.70 bits per heavy atom. The molecule has 1 aliphatic carbocycles. The Morgan fingerprint density at radius 2 is 2.00 bits per heavy atom. The van der Waals surface area contributed by atoms with Crippen molar-refractivity contribution in [1.29, 1.82) is 0 Å². The zero-order chi connectivity index (χ0) is 14.3. The molecule has 3 rings (SSSR count). The van der Waals surface area contributed by atoms with Crippen LogP contribution in [0.4, 0.5) is 4.39 Å². The summed E-state index contributed by atoms with van der Waals surface area (Å²) in [6.07, 6.45) is 1.39. The summed E-state index contributed by atoms with van der Waals surface area (Å²) in [6.45, 7) is 1.99. The summed E-state index contributed by atoms with van der Waals surface area (Å²) in [5.74, 6) is -0.251. The average Bonchev–Trinajstić information content (AvgIpc) is 2.77. The van der Waals surface area contributed by atoms with Gasteiger partial charge in [0, 0.05) is 0 Å². The summed E-state index contributed by atoms with van der Waals surface area (Å²) in [5, 5.41) is 11.0. The smallest absolute Gasteiger partial charge is 0.165 e. The lowest BCUT2D eigenvalue weighted by atomic mass is 9.87. The zero-order valence-corrected chi connectivity index (χ0v) is 11.6. The molecular weight excluding hydrogens is 255 g/mol. The van der Waals surface area contributed by atoms with Gasteiger partial charge in [-0.25, -0.2) is 4.39 Å². The first-order valence-corrected chi connectivity index (χ1v) is 6.71. The van der Waals surface area contributed by atoms with Crippen LogP contribution in [0, 0.1) is 12.7 Å². The molecule has 2 nitrogen and oxygen atoms in total. The van der Waals surface area contributed by atoms with Crippen LogP contribution in [0.2, 0.25) is 0 Å². The number of benzene rings is 2. The van der Waals surface area contributed by atoms with Crippen LogP contribution in [0.25, 0.3) is 0 Å². The number of ether oxygens (including phenoxy) is 1. The molecule has 1 atom stereocenters. The van der Waals surface area contributed by atoms with Crippen molar-refractivity contribution in [3.63, 3.8) is 0 Å². The summed E-state index contributed by atoms with van der Waals surface area (Å²) in [4.78, 5) is 0. The highest BCUT2D eigenvalue weighted by Gasteiger charge is 2.38. The molecule has 0 amide bonds. The summed E-state index contributed by atoms with van der Waals surface area (Å²) < 4.78 is 18.8. The highest BCUT2D eigenvalue weighted by molar-refractivity contribution is 5.47. The molecule has 3 heteroatoms. The lowest BCUT2D eigenvalue weighted by Crippen LogP contribution is -2.24. The Bertz CT molecular complexity index is 666. The van der Waals surface area contributed by atoms with Gasteiger partial charge in [-0.1, -0.05) is 29.8 Å². The van der Waals surface area contributed by atoms with E-state index in [1.54, 1.807) is 12.1 Å². The molecule has 0 spiro atoms. The zero-order valence-electron chi connectivity index (χ0n) is 11.6. The van der Waals surface area contributed by atoms with Crippen LogP contribution in [0.15, 0.2) is 36.4 Å². The average molecular weight is 272 g/mol. The van der Waals surface area contributed by atoms with Crippen LogP contribution >= 0.6 is 0 Å². The molecule has 0 aromatic heterocycles. The van der Waals surface area contributed by atoms with Crippen LogP contribution in [-0.4, -0.2) is 12.2 Å². The van der Waals surface area contributed by atoms with Gasteiger partial charge in [0.15, 0.2) is 11.6 Å². The first kappa shape index (κ1) is 13.1. The Balaban J connectivity index is 2.11. The van der Waals surface area contributed by atoms with E-state index in [4.69, 9.17) is 4.74 Å². The minimum absolute atomic E-state index is 0.194. The quantitative estimate of drug-likeness (QED) is 0.908. The van der Waals surface area contributed by atoms with Crippen LogP contribution in [-0.2, 0) is 12.0 Å². The molecule has 0 heterocycles. The summed E-state index contributed by atoms with van der Waals surface area (Å²) >= 11 is 0. The van der Waals surface area contributed by atoms with Crippen molar-refractivity contribution >= 4 is 0 Å². The molecule has 2 aromatic rings. The van der Waals surface area contributed by atoms with Gasteiger partial charge in [0.1, 0.15) is 5.60 Å². The number of halogens is 1. The van der Waals surface area contributed by atoms with Crippen molar-refractivity contribution in [2.24, 2.45) is 0 Å². The maximum Gasteiger partial charge on any atom is 0.165 e. The molecule has 2 aromatic carbocycles. The minimum atomic E-state index is -1.10. The lowest BCUT2D eigenvalue weighted by molar-refractivity contribution is 0.0824. The second kappa shape index (κ2) is 4.60. The second-order valence-electron chi connectivity index (χ2n) is 5.37. The molecule has 0 fully saturated rings. The third-order valence-corrected chi connectivity index (χ3v) is 4.10. The van der Waals surface area contributed by atoms with Gasteiger partial charge in [0.25, 0.3) is 0 Å². The summed E-state index contributed by atoms with van der Waals surface area (Å²) in [6, 6.07) is 10.7. The first-order chi connectivity index (χ1) is 9.54. The van der Waals surface area contributed by atoms with Gasteiger partial charge in [-0.3, -0.25) is 0 Å². The van der Waals surface area contributed by atoms with Crippen molar-refractivity contribution in [1.82, 2.24) is 0 Å². The fourth-order valence-electron chi connectivity index (χ4n) is 2.97. The number of aliphatic hydroxyl groups is 1. The SMILES string of the molecule is COc1ccc(C2(O)CCc3ccc(C)cc32)cc1F. The van der Waals surface area contributed by atoms with Crippen LogP contribution in [0.1, 0.15) is 28.7 Å². The number of hydrogen-bond acceptors (Lipinski definition) is 2. The van der Waals surface area contributed by atoms with Crippen molar-refractivity contribution in [3.05, 3.63) is 64.5 Å².